The molecule has 1 saturated heterocycles. The molecule has 28 heteroatoms. The normalized spacial score (nSPS) is 31.2. The number of hydrogen-bond acceptors (Lipinski definition) is 18. The third kappa shape index (κ3) is 12.9. The van der Waals surface area contributed by atoms with Crippen LogP contribution in [0.25, 0.3) is 11.0 Å². The number of ether oxygens (including phenoxy) is 1. The van der Waals surface area contributed by atoms with E-state index in [4.69, 9.17) is 68.2 Å². The Bertz CT molecular complexity index is 3600. The van der Waals surface area contributed by atoms with Crippen molar-refractivity contribution in [1.82, 2.24) is 14.9 Å². The number of fused-ring (bicyclic) bond motifs is 6. The number of aryl methyl sites for hydroxylation is 2. The fourth-order valence-corrected chi connectivity index (χ4v) is 16.2. The summed E-state index contributed by atoms with van der Waals surface area (Å²) in [6.07, 6.45) is -4.63. The number of allylic oxidation sites excluding steroid dienone is 6. The zero-order chi connectivity index (χ0) is 66.7. The quantitative estimate of drug-likeness (QED) is 0.0601. The molecule has 8 bridgehead atoms. The molecule has 8 rings (SSSR count). The number of primary amides is 6. The molecule has 1 aromatic carbocycles. The minimum Gasteiger partial charge on any atom is -0.394 e. The zero-order valence-corrected chi connectivity index (χ0v) is 54.0. The van der Waals surface area contributed by atoms with E-state index in [1.807, 2.05) is 66.7 Å². The molecule has 2 aromatic rings. The van der Waals surface area contributed by atoms with Crippen molar-refractivity contribution in [3.8, 4) is 0 Å². The minimum absolute atomic E-state index is 0.0372. The van der Waals surface area contributed by atoms with Crippen molar-refractivity contribution >= 4 is 83.1 Å². The summed E-state index contributed by atoms with van der Waals surface area (Å²) in [7, 11) is -5.07. The van der Waals surface area contributed by atoms with Crippen molar-refractivity contribution in [3.63, 3.8) is 0 Å². The smallest absolute Gasteiger partial charge is 0.394 e. The standard InChI is InChI=1S/C62H88N13O14P/c1-29-20-39-40(21-30(29)2)75(28-70-39)57-52(84)53(41(27-76)87-57)89-90(85,86)88-31(3)26-69-49(83)18-19-59(8)37(22-46(66)80)56-62(11)61(10,25-48(68)82)36(14-17-45(65)79)51(74-62)33(5)55-60(9,24-47(67)81)34(12-15-43(63)77)38(71-55)23-42-58(6,7)35(13-16-44(64)78)50(72-42)32(4)54(59)73-56/h20-21,23,28,31,34-37,41,52-53,57,76,84H,12-19,22,24-27H2,1-11H3,(H2,63,77)(H2,64,78)(H2,65,79)(H2,66,80)(H2,67,81)(H2,68,82)(H,69,83)(H,85,86). The second-order valence-corrected chi connectivity index (χ2v) is 28.2. The van der Waals surface area contributed by atoms with Gasteiger partial charge in [-0.05, 0) is 108 Å². The second kappa shape index (κ2) is 25.5. The second-order valence-electron chi connectivity index (χ2n) is 26.8. The van der Waals surface area contributed by atoms with E-state index >= 15 is 0 Å². The third-order valence-electron chi connectivity index (χ3n) is 20.2. The van der Waals surface area contributed by atoms with Gasteiger partial charge >= 0.3 is 7.82 Å². The predicted molar refractivity (Wildman–Crippen MR) is 334 cm³/mol. The van der Waals surface area contributed by atoms with Crippen LogP contribution in [0.3, 0.4) is 0 Å². The Morgan fingerprint density at radius 3 is 1.90 bits per heavy atom. The number of rotatable bonds is 26. The molecule has 14 atom stereocenters. The lowest BCUT2D eigenvalue weighted by molar-refractivity contribution is -0.123. The van der Waals surface area contributed by atoms with Crippen molar-refractivity contribution in [2.45, 2.75) is 183 Å². The van der Waals surface area contributed by atoms with E-state index < -0.39 is 137 Å². The van der Waals surface area contributed by atoms with Gasteiger partial charge in [0.15, 0.2) is 6.23 Å². The Morgan fingerprint density at radius 2 is 1.31 bits per heavy atom. The number of carbonyl (C=O) groups is 7. The van der Waals surface area contributed by atoms with E-state index in [0.29, 0.717) is 62.1 Å². The van der Waals surface area contributed by atoms with E-state index in [2.05, 4.69) is 10.3 Å². The van der Waals surface area contributed by atoms with Gasteiger partial charge in [0, 0.05) is 120 Å². The number of aliphatic imine (C=N–C) groups is 4. The Labute approximate surface area is 522 Å². The van der Waals surface area contributed by atoms with Crippen LogP contribution in [0.15, 0.2) is 72.7 Å². The number of phosphoric ester groups is 1. The maximum atomic E-state index is 14.4. The molecule has 0 spiro atoms. The minimum atomic E-state index is -5.07. The van der Waals surface area contributed by atoms with E-state index in [1.165, 1.54) is 13.3 Å². The lowest BCUT2D eigenvalue weighted by atomic mass is 9.56. The number of amides is 7. The molecule has 27 nitrogen and oxygen atoms in total. The Balaban J connectivity index is 1.20. The number of imidazole rings is 1. The van der Waals surface area contributed by atoms with Crippen LogP contribution >= 0.6 is 7.82 Å². The maximum absolute atomic E-state index is 14.4. The number of aliphatic hydroxyl groups is 2. The molecule has 1 aromatic heterocycles. The molecule has 490 valence electrons. The molecule has 14 unspecified atom stereocenters. The van der Waals surface area contributed by atoms with Crippen LogP contribution in [-0.4, -0.2) is 132 Å². The largest absolute Gasteiger partial charge is 0.472 e. The van der Waals surface area contributed by atoms with Crippen LogP contribution in [0, 0.1) is 59.2 Å². The Morgan fingerprint density at radius 1 is 0.733 bits per heavy atom. The van der Waals surface area contributed by atoms with Crippen molar-refractivity contribution in [2.24, 2.45) is 99.7 Å². The van der Waals surface area contributed by atoms with Crippen LogP contribution in [0.2, 0.25) is 0 Å². The molecular weight excluding hydrogens is 1180 g/mol. The van der Waals surface area contributed by atoms with Gasteiger partial charge < -0.3 is 64.1 Å². The van der Waals surface area contributed by atoms with Crippen molar-refractivity contribution in [1.29, 1.82) is 0 Å². The highest BCUT2D eigenvalue weighted by Crippen LogP contribution is 2.62. The summed E-state index contributed by atoms with van der Waals surface area (Å²) >= 11 is 0. The third-order valence-corrected chi connectivity index (χ3v) is 21.3. The van der Waals surface area contributed by atoms with Gasteiger partial charge in [-0.2, -0.15) is 0 Å². The number of hydrogen-bond donors (Lipinski definition) is 10. The summed E-state index contributed by atoms with van der Waals surface area (Å²) in [5.74, 6) is -7.52. The first-order valence-corrected chi connectivity index (χ1v) is 31.9. The van der Waals surface area contributed by atoms with Crippen molar-refractivity contribution in [2.75, 3.05) is 13.2 Å². The van der Waals surface area contributed by atoms with Gasteiger partial charge in [0.05, 0.1) is 47.2 Å². The fraction of sp³-hybridized carbons (Fsp3) is 0.613. The number of phosphoric acid groups is 1. The van der Waals surface area contributed by atoms with Gasteiger partial charge in [0.25, 0.3) is 0 Å². The highest BCUT2D eigenvalue weighted by atomic mass is 31.2. The van der Waals surface area contributed by atoms with Gasteiger partial charge in [0.1, 0.15) is 23.9 Å². The SMILES string of the molecule is CC1=C2N=C(C=C3N=C(C(C)=C4N=C(C(CC(N)=O)C4(C)CCC(=O)NCC(C)OP(=O)(O)OC4C(CO)OC(n5cnc6cc(C)c(C)cc65)C4O)C4(C)N=C1C(CCC(N)=O)C4(C)CC(N)=O)C(CCC(N)=O)C3(C)C)C(CCC(N)=O)C2(C)CC(N)=O. The van der Waals surface area contributed by atoms with Crippen LogP contribution < -0.4 is 39.7 Å². The van der Waals surface area contributed by atoms with Crippen LogP contribution in [0.1, 0.15) is 150 Å². The number of aromatic nitrogens is 2. The number of nitrogens with one attached hydrogen (secondary N) is 1. The van der Waals surface area contributed by atoms with Gasteiger partial charge in [-0.1, -0.05) is 34.6 Å². The van der Waals surface area contributed by atoms with Gasteiger partial charge in [-0.3, -0.25) is 62.6 Å². The first-order valence-electron chi connectivity index (χ1n) is 30.4. The number of nitrogens with two attached hydrogens (primary N) is 6. The highest BCUT2D eigenvalue weighted by Gasteiger charge is 2.65. The van der Waals surface area contributed by atoms with Gasteiger partial charge in [-0.25, -0.2) is 9.55 Å². The van der Waals surface area contributed by atoms with E-state index in [-0.39, 0.29) is 77.2 Å². The summed E-state index contributed by atoms with van der Waals surface area (Å²) in [6, 6.07) is 3.73. The predicted octanol–water partition coefficient (Wildman–Crippen LogP) is 3.65. The summed E-state index contributed by atoms with van der Waals surface area (Å²) in [5.41, 5.74) is 36.8. The Kier molecular flexibility index (Phi) is 19.5. The molecule has 6 aliphatic rings. The molecule has 0 saturated carbocycles. The summed E-state index contributed by atoms with van der Waals surface area (Å²) in [5, 5.41) is 24.6. The van der Waals surface area contributed by atoms with Gasteiger partial charge in [0.2, 0.25) is 41.4 Å². The zero-order valence-electron chi connectivity index (χ0n) is 53.1. The van der Waals surface area contributed by atoms with Crippen molar-refractivity contribution in [3.05, 3.63) is 63.9 Å². The first kappa shape index (κ1) is 68.8. The molecule has 0 radical (unpaired) electrons. The number of nitrogens with zero attached hydrogens (tertiary/aromatic N) is 6. The molecule has 0 aliphatic carbocycles. The Hall–Kier alpha value is -7.13. The van der Waals surface area contributed by atoms with E-state index in [1.54, 1.807) is 25.3 Å². The van der Waals surface area contributed by atoms with Crippen LogP contribution in [0.5, 0.6) is 0 Å². The molecule has 1 fully saturated rings. The van der Waals surface area contributed by atoms with Crippen LogP contribution in [-0.2, 0) is 51.9 Å². The molecule has 90 heavy (non-hydrogen) atoms. The van der Waals surface area contributed by atoms with E-state index in [9.17, 15) is 53.2 Å². The molecular formula is C62H88N13O14P. The first-order chi connectivity index (χ1) is 41.8. The molecule has 7 amide bonds. The summed E-state index contributed by atoms with van der Waals surface area (Å²) < 4.78 is 32.2. The van der Waals surface area contributed by atoms with Gasteiger partial charge in [-0.15, -0.1) is 0 Å². The number of aliphatic hydroxyl groups excluding tert-OH is 2. The monoisotopic (exact) mass is 1270 g/mol. The lowest BCUT2D eigenvalue weighted by Gasteiger charge is -2.45. The van der Waals surface area contributed by atoms with Crippen LogP contribution in [0.4, 0.5) is 0 Å². The van der Waals surface area contributed by atoms with E-state index in [0.717, 1.165) is 11.1 Å². The average molecular weight is 1270 g/mol. The number of benzene rings is 1. The topological polar surface area (TPSA) is 460 Å². The highest BCUT2D eigenvalue weighted by molar-refractivity contribution is 7.47. The lowest BCUT2D eigenvalue weighted by Crippen LogP contribution is -2.54. The molecule has 7 heterocycles. The maximum Gasteiger partial charge on any atom is 0.472 e. The fourth-order valence-electron chi connectivity index (χ4n) is 15.0. The molecule has 6 aliphatic heterocycles. The summed E-state index contributed by atoms with van der Waals surface area (Å²) in [4.78, 5) is 131. The average Bonchev–Trinajstić information content (AvgIpc) is 1.53. The molecule has 16 N–H and O–H groups in total. The summed E-state index contributed by atoms with van der Waals surface area (Å²) in [6.45, 7) is 19.0. The number of carbonyl (C=O) groups excluding carboxylic acids is 7. The van der Waals surface area contributed by atoms with Crippen molar-refractivity contribution < 1.29 is 67.0 Å².